The lowest BCUT2D eigenvalue weighted by atomic mass is 9.94. The molecule has 3 aromatic carbocycles. The van der Waals surface area contributed by atoms with E-state index in [-0.39, 0.29) is 23.7 Å². The van der Waals surface area contributed by atoms with Gasteiger partial charge in [0.2, 0.25) is 0 Å². The van der Waals surface area contributed by atoms with Crippen molar-refractivity contribution in [3.05, 3.63) is 94.8 Å². The first-order chi connectivity index (χ1) is 18.4. The second-order valence-corrected chi connectivity index (χ2v) is 8.86. The minimum atomic E-state index is -0.869. The van der Waals surface area contributed by atoms with Crippen LogP contribution < -0.4 is 14.2 Å². The molecular formula is C30H30FNO6. The van der Waals surface area contributed by atoms with Crippen LogP contribution in [0.1, 0.15) is 36.1 Å². The molecule has 4 rings (SSSR count). The zero-order chi connectivity index (χ0) is 27.2. The van der Waals surface area contributed by atoms with Crippen LogP contribution >= 0.6 is 0 Å². The number of amides is 1. The molecule has 0 aromatic heterocycles. The van der Waals surface area contributed by atoms with Crippen LogP contribution in [0.4, 0.5) is 4.39 Å². The molecule has 0 saturated carbocycles. The lowest BCUT2D eigenvalue weighted by molar-refractivity contribution is -0.139. The Morgan fingerprint density at radius 2 is 1.63 bits per heavy atom. The third kappa shape index (κ3) is 5.49. The SMILES string of the molecule is CCCOc1ccc(/C(O)=C2/C(=O)C(=O)N(CCc3ccc(F)cc3)C2c2ccc(OC)c(OC)c2)cc1. The molecule has 1 unspecified atom stereocenters. The summed E-state index contributed by atoms with van der Waals surface area (Å²) in [4.78, 5) is 28.0. The molecule has 1 atom stereocenters. The third-order valence-electron chi connectivity index (χ3n) is 6.42. The van der Waals surface area contributed by atoms with Crippen molar-refractivity contribution in [3.63, 3.8) is 0 Å². The van der Waals surface area contributed by atoms with Crippen molar-refractivity contribution in [2.45, 2.75) is 25.8 Å². The van der Waals surface area contributed by atoms with Crippen LogP contribution in [0.5, 0.6) is 17.2 Å². The first kappa shape index (κ1) is 26.7. The number of hydrogen-bond acceptors (Lipinski definition) is 6. The van der Waals surface area contributed by atoms with E-state index in [2.05, 4.69) is 0 Å². The normalized spacial score (nSPS) is 16.5. The maximum atomic E-state index is 13.4. The van der Waals surface area contributed by atoms with E-state index < -0.39 is 17.7 Å². The summed E-state index contributed by atoms with van der Waals surface area (Å²) < 4.78 is 29.8. The van der Waals surface area contributed by atoms with Gasteiger partial charge < -0.3 is 24.2 Å². The standard InChI is InChI=1S/C30H30FNO6/c1-4-17-38-23-12-7-20(8-13-23)28(33)26-27(21-9-14-24(36-2)25(18-21)37-3)32(30(35)29(26)34)16-15-19-5-10-22(31)11-6-19/h5-14,18,27,33H,4,15-17H2,1-3H3/b28-26-. The van der Waals surface area contributed by atoms with Gasteiger partial charge in [-0.3, -0.25) is 9.59 Å². The molecule has 38 heavy (non-hydrogen) atoms. The molecule has 7 nitrogen and oxygen atoms in total. The maximum absolute atomic E-state index is 13.4. The summed E-state index contributed by atoms with van der Waals surface area (Å²) in [5.41, 5.74) is 1.74. The van der Waals surface area contributed by atoms with Gasteiger partial charge in [0.15, 0.2) is 11.5 Å². The average molecular weight is 520 g/mol. The number of halogens is 1. The van der Waals surface area contributed by atoms with Gasteiger partial charge in [-0.25, -0.2) is 4.39 Å². The van der Waals surface area contributed by atoms with E-state index in [1.165, 1.54) is 31.3 Å². The van der Waals surface area contributed by atoms with Gasteiger partial charge in [-0.1, -0.05) is 25.1 Å². The van der Waals surface area contributed by atoms with E-state index in [0.717, 1.165) is 12.0 Å². The molecular weight excluding hydrogens is 489 g/mol. The maximum Gasteiger partial charge on any atom is 0.295 e. The Bertz CT molecular complexity index is 1330. The predicted octanol–water partition coefficient (Wildman–Crippen LogP) is 5.30. The zero-order valence-electron chi connectivity index (χ0n) is 21.6. The van der Waals surface area contributed by atoms with Gasteiger partial charge in [-0.05, 0) is 72.5 Å². The Morgan fingerprint density at radius 3 is 2.26 bits per heavy atom. The Hall–Kier alpha value is -4.33. The highest BCUT2D eigenvalue weighted by Gasteiger charge is 2.46. The number of aliphatic hydroxyl groups is 1. The zero-order valence-corrected chi connectivity index (χ0v) is 21.6. The van der Waals surface area contributed by atoms with E-state index in [1.54, 1.807) is 54.6 Å². The number of benzene rings is 3. The molecule has 0 aliphatic carbocycles. The number of aliphatic hydroxyl groups excluding tert-OH is 1. The molecule has 1 aliphatic rings. The molecule has 1 heterocycles. The quantitative estimate of drug-likeness (QED) is 0.222. The van der Waals surface area contributed by atoms with Gasteiger partial charge in [0.05, 0.1) is 32.4 Å². The topological polar surface area (TPSA) is 85.3 Å². The predicted molar refractivity (Wildman–Crippen MR) is 141 cm³/mol. The van der Waals surface area contributed by atoms with Gasteiger partial charge >= 0.3 is 0 Å². The van der Waals surface area contributed by atoms with Gasteiger partial charge in [0.25, 0.3) is 11.7 Å². The van der Waals surface area contributed by atoms with Crippen molar-refractivity contribution in [3.8, 4) is 17.2 Å². The van der Waals surface area contributed by atoms with E-state index in [4.69, 9.17) is 14.2 Å². The summed E-state index contributed by atoms with van der Waals surface area (Å²) in [7, 11) is 3.01. The lowest BCUT2D eigenvalue weighted by Crippen LogP contribution is -2.31. The van der Waals surface area contributed by atoms with Crippen LogP contribution in [-0.2, 0) is 16.0 Å². The van der Waals surface area contributed by atoms with Crippen LogP contribution in [0.3, 0.4) is 0 Å². The molecule has 0 radical (unpaired) electrons. The number of likely N-dealkylation sites (tertiary alicyclic amines) is 1. The number of hydrogen-bond donors (Lipinski definition) is 1. The lowest BCUT2D eigenvalue weighted by Gasteiger charge is -2.26. The van der Waals surface area contributed by atoms with Crippen molar-refractivity contribution < 1.29 is 33.3 Å². The molecule has 0 bridgehead atoms. The molecule has 1 fully saturated rings. The minimum absolute atomic E-state index is 0.0245. The van der Waals surface area contributed by atoms with Gasteiger partial charge in [-0.2, -0.15) is 0 Å². The number of nitrogens with zero attached hydrogens (tertiary/aromatic N) is 1. The summed E-state index contributed by atoms with van der Waals surface area (Å²) >= 11 is 0. The van der Waals surface area contributed by atoms with Crippen LogP contribution in [0.2, 0.25) is 0 Å². The van der Waals surface area contributed by atoms with Gasteiger partial charge in [-0.15, -0.1) is 0 Å². The molecule has 0 spiro atoms. The number of rotatable bonds is 10. The first-order valence-corrected chi connectivity index (χ1v) is 12.4. The van der Waals surface area contributed by atoms with Crippen LogP contribution in [0.15, 0.2) is 72.3 Å². The van der Waals surface area contributed by atoms with Crippen LogP contribution in [-0.4, -0.2) is 49.1 Å². The number of carbonyl (C=O) groups excluding carboxylic acids is 2. The molecule has 3 aromatic rings. The molecule has 1 aliphatic heterocycles. The Kier molecular flexibility index (Phi) is 8.31. The molecule has 1 N–H and O–H groups in total. The summed E-state index contributed by atoms with van der Waals surface area (Å²) in [6, 6.07) is 16.9. The van der Waals surface area contributed by atoms with E-state index in [1.807, 2.05) is 6.92 Å². The van der Waals surface area contributed by atoms with Gasteiger partial charge in [0, 0.05) is 12.1 Å². The Labute approximate surface area is 221 Å². The largest absolute Gasteiger partial charge is 0.507 e. The minimum Gasteiger partial charge on any atom is -0.507 e. The smallest absolute Gasteiger partial charge is 0.295 e. The van der Waals surface area contributed by atoms with Crippen LogP contribution in [0.25, 0.3) is 5.76 Å². The second kappa shape index (κ2) is 11.8. The Balaban J connectivity index is 1.76. The van der Waals surface area contributed by atoms with E-state index >= 15 is 0 Å². The van der Waals surface area contributed by atoms with Crippen molar-refractivity contribution in [2.24, 2.45) is 0 Å². The van der Waals surface area contributed by atoms with Crippen molar-refractivity contribution in [1.29, 1.82) is 0 Å². The van der Waals surface area contributed by atoms with E-state index in [0.29, 0.717) is 41.4 Å². The third-order valence-corrected chi connectivity index (χ3v) is 6.42. The monoisotopic (exact) mass is 519 g/mol. The van der Waals surface area contributed by atoms with Gasteiger partial charge in [0.1, 0.15) is 17.3 Å². The summed E-state index contributed by atoms with van der Waals surface area (Å²) in [5.74, 6) is -0.600. The fourth-order valence-corrected chi connectivity index (χ4v) is 4.47. The number of carbonyl (C=O) groups is 2. The first-order valence-electron chi connectivity index (χ1n) is 12.4. The van der Waals surface area contributed by atoms with Crippen molar-refractivity contribution in [2.75, 3.05) is 27.4 Å². The second-order valence-electron chi connectivity index (χ2n) is 8.86. The highest BCUT2D eigenvalue weighted by atomic mass is 19.1. The number of Topliss-reactive ketones (excluding diaryl/α,β-unsaturated/α-hetero) is 1. The summed E-state index contributed by atoms with van der Waals surface area (Å²) in [5, 5.41) is 11.3. The number of ketones is 1. The van der Waals surface area contributed by atoms with Crippen molar-refractivity contribution >= 4 is 17.4 Å². The molecule has 8 heteroatoms. The summed E-state index contributed by atoms with van der Waals surface area (Å²) in [6.45, 7) is 2.74. The highest BCUT2D eigenvalue weighted by Crippen LogP contribution is 2.42. The summed E-state index contributed by atoms with van der Waals surface area (Å²) in [6.07, 6.45) is 1.25. The number of ether oxygens (including phenoxy) is 3. The fourth-order valence-electron chi connectivity index (χ4n) is 4.47. The average Bonchev–Trinajstić information content (AvgIpc) is 3.20. The number of methoxy groups -OCH3 is 2. The van der Waals surface area contributed by atoms with Crippen molar-refractivity contribution in [1.82, 2.24) is 4.90 Å². The highest BCUT2D eigenvalue weighted by molar-refractivity contribution is 6.46. The molecule has 1 amide bonds. The van der Waals surface area contributed by atoms with E-state index in [9.17, 15) is 19.1 Å². The van der Waals surface area contributed by atoms with Crippen LogP contribution in [0, 0.1) is 5.82 Å². The fraction of sp³-hybridized carbons (Fsp3) is 0.267. The molecule has 1 saturated heterocycles. The molecule has 198 valence electrons. The Morgan fingerprint density at radius 1 is 0.947 bits per heavy atom.